The molecular formula is C13H21N3O4S. The van der Waals surface area contributed by atoms with Gasteiger partial charge >= 0.3 is 6.03 Å². The number of para-hydroxylation sites is 2. The molecule has 2 N–H and O–H groups in total. The number of carbonyl (C=O) groups is 1. The summed E-state index contributed by atoms with van der Waals surface area (Å²) in [5.41, 5.74) is 0.535. The van der Waals surface area contributed by atoms with Crippen LogP contribution in [0.25, 0.3) is 0 Å². The van der Waals surface area contributed by atoms with E-state index in [-0.39, 0.29) is 12.3 Å². The number of benzene rings is 1. The molecule has 1 rings (SSSR count). The van der Waals surface area contributed by atoms with Crippen LogP contribution in [0.5, 0.6) is 5.75 Å². The predicted molar refractivity (Wildman–Crippen MR) is 82.1 cm³/mol. The first kappa shape index (κ1) is 17.3. The highest BCUT2D eigenvalue weighted by Gasteiger charge is 2.14. The van der Waals surface area contributed by atoms with Crippen LogP contribution in [0.4, 0.5) is 10.5 Å². The molecule has 0 aliphatic heterocycles. The maximum Gasteiger partial charge on any atom is 0.319 e. The van der Waals surface area contributed by atoms with Crippen molar-refractivity contribution in [1.29, 1.82) is 0 Å². The number of urea groups is 1. The number of carbonyl (C=O) groups excluding carboxylic acids is 1. The van der Waals surface area contributed by atoms with Crippen molar-refractivity contribution in [2.24, 2.45) is 0 Å². The Morgan fingerprint density at radius 1 is 1.29 bits per heavy atom. The first-order chi connectivity index (χ1) is 9.86. The maximum absolute atomic E-state index is 11.7. The number of anilines is 1. The Kier molecular flexibility index (Phi) is 6.44. The normalized spacial score (nSPS) is 11.2. The van der Waals surface area contributed by atoms with Crippen molar-refractivity contribution in [3.8, 4) is 5.75 Å². The zero-order valence-electron chi connectivity index (χ0n) is 12.4. The lowest BCUT2D eigenvalue weighted by Crippen LogP contribution is -2.36. The van der Waals surface area contributed by atoms with Gasteiger partial charge in [0.1, 0.15) is 5.75 Å². The second-order valence-corrected chi connectivity index (χ2v) is 6.71. The van der Waals surface area contributed by atoms with Crippen LogP contribution in [-0.2, 0) is 10.0 Å². The summed E-state index contributed by atoms with van der Waals surface area (Å²) in [5, 5.41) is 5.13. The fourth-order valence-electron chi connectivity index (χ4n) is 1.49. The van der Waals surface area contributed by atoms with E-state index in [4.69, 9.17) is 4.74 Å². The lowest BCUT2D eigenvalue weighted by Gasteiger charge is -2.13. The van der Waals surface area contributed by atoms with Gasteiger partial charge in [0.25, 0.3) is 0 Å². The largest absolute Gasteiger partial charge is 0.492 e. The van der Waals surface area contributed by atoms with Crippen LogP contribution in [0.15, 0.2) is 24.3 Å². The minimum Gasteiger partial charge on any atom is -0.492 e. The van der Waals surface area contributed by atoms with Gasteiger partial charge in [0.05, 0.1) is 18.0 Å². The molecule has 0 fully saturated rings. The van der Waals surface area contributed by atoms with E-state index >= 15 is 0 Å². The lowest BCUT2D eigenvalue weighted by molar-refractivity contribution is 0.252. The van der Waals surface area contributed by atoms with E-state index in [0.717, 1.165) is 4.31 Å². The summed E-state index contributed by atoms with van der Waals surface area (Å²) in [5.74, 6) is 0.414. The van der Waals surface area contributed by atoms with E-state index in [1.807, 2.05) is 6.92 Å². The van der Waals surface area contributed by atoms with Gasteiger partial charge in [0.2, 0.25) is 10.0 Å². The smallest absolute Gasteiger partial charge is 0.319 e. The Hall–Kier alpha value is -1.80. The number of nitrogens with one attached hydrogen (secondary N) is 2. The fourth-order valence-corrected chi connectivity index (χ4v) is 2.22. The topological polar surface area (TPSA) is 87.7 Å². The van der Waals surface area contributed by atoms with Crippen molar-refractivity contribution < 1.29 is 17.9 Å². The molecule has 0 heterocycles. The summed E-state index contributed by atoms with van der Waals surface area (Å²) < 4.78 is 29.6. The average Bonchev–Trinajstić information content (AvgIpc) is 2.41. The summed E-state index contributed by atoms with van der Waals surface area (Å²) in [4.78, 5) is 11.7. The van der Waals surface area contributed by atoms with Gasteiger partial charge in [-0.2, -0.15) is 0 Å². The summed E-state index contributed by atoms with van der Waals surface area (Å²) >= 11 is 0. The number of rotatable bonds is 7. The van der Waals surface area contributed by atoms with Crippen molar-refractivity contribution >= 4 is 21.7 Å². The van der Waals surface area contributed by atoms with E-state index < -0.39 is 16.1 Å². The van der Waals surface area contributed by atoms with Gasteiger partial charge in [-0.25, -0.2) is 17.5 Å². The molecule has 1 aromatic carbocycles. The van der Waals surface area contributed by atoms with E-state index in [0.29, 0.717) is 18.0 Å². The van der Waals surface area contributed by atoms with Crippen LogP contribution in [-0.4, -0.2) is 51.8 Å². The van der Waals surface area contributed by atoms with Crippen LogP contribution in [0.2, 0.25) is 0 Å². The van der Waals surface area contributed by atoms with Gasteiger partial charge in [-0.05, 0) is 19.1 Å². The molecule has 118 valence electrons. The molecule has 0 radical (unpaired) electrons. The van der Waals surface area contributed by atoms with Gasteiger partial charge in [0, 0.05) is 20.6 Å². The molecule has 0 unspecified atom stereocenters. The molecule has 2 amide bonds. The summed E-state index contributed by atoms with van der Waals surface area (Å²) in [6.45, 7) is 2.37. The molecule has 0 atom stereocenters. The van der Waals surface area contributed by atoms with Gasteiger partial charge in [-0.15, -0.1) is 0 Å². The zero-order valence-corrected chi connectivity index (χ0v) is 13.2. The van der Waals surface area contributed by atoms with Crippen molar-refractivity contribution in [2.45, 2.75) is 6.92 Å². The zero-order chi connectivity index (χ0) is 15.9. The average molecular weight is 315 g/mol. The first-order valence-electron chi connectivity index (χ1n) is 6.53. The van der Waals surface area contributed by atoms with Crippen molar-refractivity contribution in [3.63, 3.8) is 0 Å². The Morgan fingerprint density at radius 3 is 2.57 bits per heavy atom. The molecule has 21 heavy (non-hydrogen) atoms. The molecule has 0 bridgehead atoms. The number of hydrogen-bond acceptors (Lipinski definition) is 4. The van der Waals surface area contributed by atoms with Gasteiger partial charge in [-0.3, -0.25) is 0 Å². The molecule has 0 aromatic heterocycles. The Bertz CT molecular complexity index is 573. The molecule has 0 spiro atoms. The monoisotopic (exact) mass is 315 g/mol. The fraction of sp³-hybridized carbons (Fsp3) is 0.462. The molecule has 0 aliphatic carbocycles. The van der Waals surface area contributed by atoms with Crippen molar-refractivity contribution in [2.75, 3.05) is 38.3 Å². The highest BCUT2D eigenvalue weighted by atomic mass is 32.2. The molecular weight excluding hydrogens is 294 g/mol. The summed E-state index contributed by atoms with van der Waals surface area (Å²) in [6.07, 6.45) is 0. The van der Waals surface area contributed by atoms with Crippen LogP contribution in [0, 0.1) is 0 Å². The summed E-state index contributed by atoms with van der Waals surface area (Å²) in [7, 11) is -0.413. The van der Waals surface area contributed by atoms with Crippen LogP contribution in [0.1, 0.15) is 6.92 Å². The van der Waals surface area contributed by atoms with Crippen molar-refractivity contribution in [1.82, 2.24) is 9.62 Å². The van der Waals surface area contributed by atoms with Crippen LogP contribution < -0.4 is 15.4 Å². The van der Waals surface area contributed by atoms with E-state index in [9.17, 15) is 13.2 Å². The molecule has 0 aliphatic rings. The molecule has 1 aromatic rings. The highest BCUT2D eigenvalue weighted by Crippen LogP contribution is 2.23. The van der Waals surface area contributed by atoms with E-state index in [2.05, 4.69) is 10.6 Å². The van der Waals surface area contributed by atoms with Crippen LogP contribution >= 0.6 is 0 Å². The van der Waals surface area contributed by atoms with E-state index in [1.54, 1.807) is 24.3 Å². The van der Waals surface area contributed by atoms with Gasteiger partial charge < -0.3 is 15.4 Å². The number of sulfonamides is 1. The third-order valence-corrected chi connectivity index (χ3v) is 4.47. The molecule has 0 saturated carbocycles. The minimum atomic E-state index is -3.32. The van der Waals surface area contributed by atoms with Crippen molar-refractivity contribution in [3.05, 3.63) is 24.3 Å². The van der Waals surface area contributed by atoms with Gasteiger partial charge in [-0.1, -0.05) is 12.1 Å². The lowest BCUT2D eigenvalue weighted by atomic mass is 10.3. The molecule has 7 nitrogen and oxygen atoms in total. The Morgan fingerprint density at radius 2 is 1.95 bits per heavy atom. The maximum atomic E-state index is 11.7. The second kappa shape index (κ2) is 7.84. The van der Waals surface area contributed by atoms with Gasteiger partial charge in [0.15, 0.2) is 0 Å². The predicted octanol–water partition coefficient (Wildman–Crippen LogP) is 1.10. The number of amides is 2. The minimum absolute atomic E-state index is 0.0309. The number of nitrogens with zero attached hydrogens (tertiary/aromatic N) is 1. The van der Waals surface area contributed by atoms with E-state index in [1.165, 1.54) is 14.1 Å². The molecule has 0 saturated heterocycles. The third kappa shape index (κ3) is 5.60. The second-order valence-electron chi connectivity index (χ2n) is 4.41. The number of ether oxygens (including phenoxy) is 1. The third-order valence-electron chi connectivity index (χ3n) is 2.64. The Labute approximate surface area is 125 Å². The highest BCUT2D eigenvalue weighted by molar-refractivity contribution is 7.89. The standard InChI is InChI=1S/C13H21N3O4S/c1-4-20-12-8-6-5-7-11(12)15-13(17)14-9-10-21(18,19)16(2)3/h5-8H,4,9-10H2,1-3H3,(H2,14,15,17). The number of hydrogen-bond donors (Lipinski definition) is 2. The SMILES string of the molecule is CCOc1ccccc1NC(=O)NCCS(=O)(=O)N(C)C. The first-order valence-corrected chi connectivity index (χ1v) is 8.14. The Balaban J connectivity index is 2.52. The quantitative estimate of drug-likeness (QED) is 0.788. The van der Waals surface area contributed by atoms with Crippen LogP contribution in [0.3, 0.4) is 0 Å². The molecule has 8 heteroatoms. The summed E-state index contributed by atoms with van der Waals surface area (Å²) in [6, 6.07) is 6.56.